The van der Waals surface area contributed by atoms with Gasteiger partial charge in [-0.1, -0.05) is 166 Å². The summed E-state index contributed by atoms with van der Waals surface area (Å²) in [5, 5.41) is 0. The Morgan fingerprint density at radius 3 is 0.843 bits per heavy atom. The topological polar surface area (TPSA) is 0 Å². The fraction of sp³-hybridized carbons (Fsp3) is 0.467. The van der Waals surface area contributed by atoms with E-state index in [2.05, 4.69) is 100 Å². The number of hydrogen-bond donors (Lipinski definition) is 0. The van der Waals surface area contributed by atoms with Gasteiger partial charge in [0.2, 0.25) is 0 Å². The fourth-order valence-electron chi connectivity index (χ4n) is 9.60. The molecule has 8 aromatic rings. The lowest BCUT2D eigenvalue weighted by atomic mass is 10.0. The molecule has 0 saturated carbocycles. The average Bonchev–Trinajstić information content (AvgIpc) is 4.22. The maximum absolute atomic E-state index is 6.67. The van der Waals surface area contributed by atoms with Crippen molar-refractivity contribution in [2.75, 3.05) is 0 Å². The molecular formula is C60H72Cl2S8. The highest BCUT2D eigenvalue weighted by Gasteiger charge is 2.21. The highest BCUT2D eigenvalue weighted by atomic mass is 35.5. The Morgan fingerprint density at radius 1 is 0.271 bits per heavy atom. The molecule has 0 spiro atoms. The second kappa shape index (κ2) is 28.2. The van der Waals surface area contributed by atoms with Gasteiger partial charge in [0.05, 0.1) is 8.67 Å². The van der Waals surface area contributed by atoms with Crippen LogP contribution in [0.5, 0.6) is 0 Å². The first-order valence-electron chi connectivity index (χ1n) is 26.6. The van der Waals surface area contributed by atoms with Crippen molar-refractivity contribution in [2.24, 2.45) is 0 Å². The molecule has 70 heavy (non-hydrogen) atoms. The van der Waals surface area contributed by atoms with Crippen LogP contribution in [-0.2, 0) is 25.7 Å². The molecule has 374 valence electrons. The molecule has 0 unspecified atom stereocenters. The van der Waals surface area contributed by atoms with Gasteiger partial charge in [0, 0.05) is 68.3 Å². The molecule has 0 bridgehead atoms. The fourth-order valence-corrected chi connectivity index (χ4v) is 19.6. The Balaban J connectivity index is 0.888. The summed E-state index contributed by atoms with van der Waals surface area (Å²) in [7, 11) is 0. The van der Waals surface area contributed by atoms with E-state index in [1.807, 2.05) is 68.0 Å². The van der Waals surface area contributed by atoms with E-state index >= 15 is 0 Å². The smallest absolute Gasteiger partial charge is 0.0938 e. The lowest BCUT2D eigenvalue weighted by molar-refractivity contribution is 0.556. The second-order valence-corrected chi connectivity index (χ2v) is 28.8. The van der Waals surface area contributed by atoms with Crippen LogP contribution in [0.15, 0.2) is 72.8 Å². The van der Waals surface area contributed by atoms with Crippen LogP contribution in [0, 0.1) is 0 Å². The molecule has 0 nitrogen and oxygen atoms in total. The van der Waals surface area contributed by atoms with Crippen molar-refractivity contribution in [1.29, 1.82) is 0 Å². The van der Waals surface area contributed by atoms with Crippen LogP contribution in [0.1, 0.15) is 178 Å². The van der Waals surface area contributed by atoms with E-state index in [1.54, 1.807) is 22.7 Å². The molecule has 0 aliphatic rings. The van der Waals surface area contributed by atoms with E-state index in [4.69, 9.17) is 23.2 Å². The van der Waals surface area contributed by atoms with Crippen molar-refractivity contribution in [3.05, 3.63) is 104 Å². The number of aryl methyl sites for hydroxylation is 4. The number of rotatable bonds is 31. The van der Waals surface area contributed by atoms with Crippen LogP contribution in [-0.4, -0.2) is 0 Å². The van der Waals surface area contributed by atoms with E-state index in [0.29, 0.717) is 0 Å². The molecule has 0 amide bonds. The van der Waals surface area contributed by atoms with Gasteiger partial charge in [0.1, 0.15) is 0 Å². The summed E-state index contributed by atoms with van der Waals surface area (Å²) in [4.78, 5) is 19.2. The summed E-state index contributed by atoms with van der Waals surface area (Å²) in [5.41, 5.74) is 5.75. The Bertz CT molecular complexity index is 2600. The summed E-state index contributed by atoms with van der Waals surface area (Å²) in [6.07, 6.45) is 31.6. The van der Waals surface area contributed by atoms with Gasteiger partial charge in [-0.3, -0.25) is 0 Å². The maximum atomic E-state index is 6.67. The van der Waals surface area contributed by atoms with Crippen LogP contribution < -0.4 is 0 Å². The normalized spacial score (nSPS) is 11.8. The minimum absolute atomic E-state index is 0.909. The largest absolute Gasteiger partial charge is 0.134 e. The third-order valence-corrected chi connectivity index (χ3v) is 24.2. The van der Waals surface area contributed by atoms with Gasteiger partial charge < -0.3 is 0 Å². The zero-order valence-electron chi connectivity index (χ0n) is 41.9. The lowest BCUT2D eigenvalue weighted by Gasteiger charge is -2.04. The van der Waals surface area contributed by atoms with E-state index < -0.39 is 0 Å². The van der Waals surface area contributed by atoms with E-state index in [1.165, 1.54) is 219 Å². The van der Waals surface area contributed by atoms with Crippen molar-refractivity contribution in [2.45, 2.75) is 182 Å². The van der Waals surface area contributed by atoms with Gasteiger partial charge in [0.25, 0.3) is 0 Å². The Morgan fingerprint density at radius 2 is 0.543 bits per heavy atom. The van der Waals surface area contributed by atoms with Crippen LogP contribution in [0.25, 0.3) is 68.3 Å². The number of thiophene rings is 8. The molecular weight excluding hydrogens is 1050 g/mol. The number of hydrogen-bond acceptors (Lipinski definition) is 8. The standard InChI is InChI=1S/C60H72Cl2S8/c1-5-9-11-13-15-17-19-21-23-25-27-43-39-55(61)69-59(43)51-35-31-47(65-51)45-29-33-49(63-45)57-41(7-3)37-53(67-57)54-38-42(8-4)58(68-54)50-34-30-46(64-50)48-32-36-52(66-48)60-44(40-56(62)70-60)28-26-24-22-20-18-16-14-12-10-6-2/h29-40H,5-28H2,1-4H3. The number of unbranched alkanes of at least 4 members (excludes halogenated alkanes) is 18. The van der Waals surface area contributed by atoms with E-state index in [-0.39, 0.29) is 0 Å². The Hall–Kier alpha value is -1.82. The molecule has 0 N–H and O–H groups in total. The SMILES string of the molecule is CCCCCCCCCCCCc1cc(Cl)sc1-c1ccc(-c2ccc(-c3sc(-c4cc(CC)c(-c5ccc(-c6ccc(-c7sc(Cl)cc7CCCCCCCCCCCC)s6)s5)s4)cc3CC)s2)s1. The summed E-state index contributed by atoms with van der Waals surface area (Å²) in [6, 6.07) is 28.1. The van der Waals surface area contributed by atoms with Crippen LogP contribution in [0.3, 0.4) is 0 Å². The van der Waals surface area contributed by atoms with Crippen molar-refractivity contribution in [1.82, 2.24) is 0 Å². The van der Waals surface area contributed by atoms with Crippen LogP contribution in [0.4, 0.5) is 0 Å². The summed E-state index contributed by atoms with van der Waals surface area (Å²) >= 11 is 28.5. The summed E-state index contributed by atoms with van der Waals surface area (Å²) in [6.45, 7) is 9.21. The van der Waals surface area contributed by atoms with Gasteiger partial charge >= 0.3 is 0 Å². The van der Waals surface area contributed by atoms with E-state index in [0.717, 1.165) is 34.4 Å². The predicted molar refractivity (Wildman–Crippen MR) is 327 cm³/mol. The molecule has 0 aliphatic heterocycles. The molecule has 8 heterocycles. The zero-order chi connectivity index (χ0) is 48.7. The van der Waals surface area contributed by atoms with Crippen LogP contribution in [0.2, 0.25) is 8.67 Å². The van der Waals surface area contributed by atoms with Gasteiger partial charge in [-0.05, 0) is 134 Å². The average molecular weight is 1120 g/mol. The first kappa shape index (κ1) is 54.4. The van der Waals surface area contributed by atoms with Gasteiger partial charge in [-0.25, -0.2) is 0 Å². The molecule has 8 rings (SSSR count). The molecule has 0 fully saturated rings. The summed E-state index contributed by atoms with van der Waals surface area (Å²) < 4.78 is 1.82. The molecule has 10 heteroatoms. The second-order valence-electron chi connectivity index (χ2n) is 19.0. The minimum atomic E-state index is 0.909. The molecule has 0 aromatic carbocycles. The van der Waals surface area contributed by atoms with Gasteiger partial charge in [-0.2, -0.15) is 0 Å². The van der Waals surface area contributed by atoms with Crippen molar-refractivity contribution < 1.29 is 0 Å². The monoisotopic (exact) mass is 1120 g/mol. The number of halogens is 2. The molecule has 0 atom stereocenters. The highest BCUT2D eigenvalue weighted by molar-refractivity contribution is 7.32. The quantitative estimate of drug-likeness (QED) is 0.0380. The van der Waals surface area contributed by atoms with Gasteiger partial charge in [0.15, 0.2) is 0 Å². The Labute approximate surface area is 463 Å². The molecule has 8 aromatic heterocycles. The van der Waals surface area contributed by atoms with Crippen molar-refractivity contribution in [3.8, 4) is 68.3 Å². The van der Waals surface area contributed by atoms with Gasteiger partial charge in [-0.15, -0.1) is 90.7 Å². The first-order valence-corrected chi connectivity index (χ1v) is 33.9. The third kappa shape index (κ3) is 14.7. The molecule has 0 saturated heterocycles. The first-order chi connectivity index (χ1) is 34.3. The lowest BCUT2D eigenvalue weighted by Crippen LogP contribution is -1.86. The molecule has 0 aliphatic carbocycles. The summed E-state index contributed by atoms with van der Waals surface area (Å²) in [5.74, 6) is 0. The van der Waals surface area contributed by atoms with Crippen molar-refractivity contribution in [3.63, 3.8) is 0 Å². The zero-order valence-corrected chi connectivity index (χ0v) is 50.0. The minimum Gasteiger partial charge on any atom is -0.134 e. The van der Waals surface area contributed by atoms with Crippen molar-refractivity contribution >= 4 is 114 Å². The highest BCUT2D eigenvalue weighted by Crippen LogP contribution is 2.51. The van der Waals surface area contributed by atoms with Crippen LogP contribution >= 0.6 is 114 Å². The Kier molecular flexibility index (Phi) is 21.9. The predicted octanol–water partition coefficient (Wildman–Crippen LogP) is 25.2. The molecule has 0 radical (unpaired) electrons. The maximum Gasteiger partial charge on any atom is 0.0938 e. The third-order valence-electron chi connectivity index (χ3n) is 13.6. The van der Waals surface area contributed by atoms with E-state index in [9.17, 15) is 0 Å².